The lowest BCUT2D eigenvalue weighted by atomic mass is 10.1. The minimum absolute atomic E-state index is 0.0169. The van der Waals surface area contributed by atoms with Gasteiger partial charge < -0.3 is 5.73 Å². The number of halogens is 2. The summed E-state index contributed by atoms with van der Waals surface area (Å²) in [5.41, 5.74) is 7.56. The van der Waals surface area contributed by atoms with Gasteiger partial charge in [-0.2, -0.15) is 5.10 Å². The second-order valence-electron chi connectivity index (χ2n) is 5.98. The van der Waals surface area contributed by atoms with Gasteiger partial charge in [0, 0.05) is 11.4 Å². The van der Waals surface area contributed by atoms with Crippen LogP contribution in [0.3, 0.4) is 0 Å². The van der Waals surface area contributed by atoms with Crippen LogP contribution in [0.2, 0.25) is 5.02 Å². The molecule has 0 aliphatic carbocycles. The van der Waals surface area contributed by atoms with Crippen LogP contribution in [-0.4, -0.2) is 27.9 Å². The number of hydrogen-bond acceptors (Lipinski definition) is 5. The largest absolute Gasteiger partial charge is 0.377 e. The maximum Gasteiger partial charge on any atom is 0.247 e. The van der Waals surface area contributed by atoms with Gasteiger partial charge in [0.25, 0.3) is 0 Å². The highest BCUT2D eigenvalue weighted by Gasteiger charge is 2.40. The molecule has 9 heteroatoms. The number of nitrogens with two attached hydrogens (primary N) is 1. The first kappa shape index (κ1) is 20.0. The molecular formula is C19H16ClFN4O2S. The van der Waals surface area contributed by atoms with Crippen molar-refractivity contribution in [1.29, 1.82) is 0 Å². The highest BCUT2D eigenvalue weighted by Crippen LogP contribution is 2.30. The first-order valence-electron chi connectivity index (χ1n) is 8.28. The van der Waals surface area contributed by atoms with Crippen LogP contribution in [0.5, 0.6) is 0 Å². The zero-order chi connectivity index (χ0) is 20.3. The fourth-order valence-electron chi connectivity index (χ4n) is 2.60. The number of amides is 2. The van der Waals surface area contributed by atoms with E-state index in [2.05, 4.69) is 10.2 Å². The van der Waals surface area contributed by atoms with Crippen molar-refractivity contribution in [3.05, 3.63) is 64.9 Å². The molecule has 1 heterocycles. The Morgan fingerprint density at radius 3 is 2.43 bits per heavy atom. The lowest BCUT2D eigenvalue weighted by Crippen LogP contribution is -2.31. The summed E-state index contributed by atoms with van der Waals surface area (Å²) in [6.45, 7) is 1.71. The molecule has 144 valence electrons. The van der Waals surface area contributed by atoms with Crippen LogP contribution in [-0.2, 0) is 9.59 Å². The number of anilines is 1. The zero-order valence-corrected chi connectivity index (χ0v) is 16.4. The molecule has 2 N–H and O–H groups in total. The Hall–Kier alpha value is -2.71. The number of amidine groups is 1. The first-order chi connectivity index (χ1) is 13.3. The third-order valence-corrected chi connectivity index (χ3v) is 5.24. The second kappa shape index (κ2) is 8.53. The van der Waals surface area contributed by atoms with Crippen molar-refractivity contribution in [1.82, 2.24) is 0 Å². The molecule has 0 spiro atoms. The monoisotopic (exact) mass is 418 g/mol. The van der Waals surface area contributed by atoms with Crippen molar-refractivity contribution in [3.8, 4) is 0 Å². The molecule has 1 aliphatic rings. The summed E-state index contributed by atoms with van der Waals surface area (Å²) in [5.74, 6) is -1.02. The third-order valence-electron chi connectivity index (χ3n) is 4.01. The zero-order valence-electron chi connectivity index (χ0n) is 14.8. The van der Waals surface area contributed by atoms with E-state index in [1.165, 1.54) is 12.1 Å². The Morgan fingerprint density at radius 1 is 1.14 bits per heavy atom. The molecule has 2 amide bonds. The van der Waals surface area contributed by atoms with Gasteiger partial charge >= 0.3 is 0 Å². The van der Waals surface area contributed by atoms with Crippen LogP contribution in [0.15, 0.2) is 58.7 Å². The van der Waals surface area contributed by atoms with E-state index in [0.29, 0.717) is 22.0 Å². The average molecular weight is 419 g/mol. The second-order valence-corrected chi connectivity index (χ2v) is 7.64. The Bertz CT molecular complexity index is 961. The van der Waals surface area contributed by atoms with Gasteiger partial charge in [-0.05, 0) is 48.9 Å². The van der Waals surface area contributed by atoms with E-state index in [1.54, 1.807) is 43.3 Å². The van der Waals surface area contributed by atoms with Gasteiger partial charge in [-0.25, -0.2) is 9.29 Å². The van der Waals surface area contributed by atoms with Crippen molar-refractivity contribution >= 4 is 51.7 Å². The summed E-state index contributed by atoms with van der Waals surface area (Å²) in [7, 11) is 0. The Labute approximate surface area is 170 Å². The molecule has 0 unspecified atom stereocenters. The quantitative estimate of drug-likeness (QED) is 0.355. The number of hydrogen-bond donors (Lipinski definition) is 1. The van der Waals surface area contributed by atoms with Crippen molar-refractivity contribution in [3.63, 3.8) is 0 Å². The number of rotatable bonds is 4. The fraction of sp³-hybridized carbons (Fsp3) is 0.158. The molecule has 28 heavy (non-hydrogen) atoms. The number of carbonyl (C=O) groups excluding carboxylic acids is 2. The highest BCUT2D eigenvalue weighted by atomic mass is 35.5. The van der Waals surface area contributed by atoms with Gasteiger partial charge in [0.2, 0.25) is 11.8 Å². The van der Waals surface area contributed by atoms with E-state index < -0.39 is 5.25 Å². The van der Waals surface area contributed by atoms with Crippen molar-refractivity contribution in [2.75, 3.05) is 4.90 Å². The molecule has 1 aliphatic heterocycles. The first-order valence-corrected chi connectivity index (χ1v) is 9.53. The molecule has 0 radical (unpaired) electrons. The van der Waals surface area contributed by atoms with Crippen LogP contribution in [0.1, 0.15) is 18.9 Å². The number of imide groups is 1. The molecule has 0 aromatic heterocycles. The summed E-state index contributed by atoms with van der Waals surface area (Å²) in [6, 6.07) is 12.3. The van der Waals surface area contributed by atoms with Gasteiger partial charge in [0.15, 0.2) is 5.17 Å². The highest BCUT2D eigenvalue weighted by molar-refractivity contribution is 8.14. The molecule has 0 bridgehead atoms. The number of carbonyl (C=O) groups is 2. The standard InChI is InChI=1S/C19H16ClFN4O2S/c1-11(12-2-6-14(21)7-3-12)23-24-19(22)28-16-10-17(26)25(18(16)27)15-8-4-13(20)5-9-15/h2-9,16H,10H2,1H3,(H2,22,24)/b23-11-/t16-/m1/s1. The summed E-state index contributed by atoms with van der Waals surface area (Å²) in [4.78, 5) is 26.0. The number of thioether (sulfide) groups is 1. The topological polar surface area (TPSA) is 88.1 Å². The summed E-state index contributed by atoms with van der Waals surface area (Å²) in [6.07, 6.45) is 0.0169. The molecule has 1 fully saturated rings. The Morgan fingerprint density at radius 2 is 1.79 bits per heavy atom. The molecule has 2 aromatic rings. The van der Waals surface area contributed by atoms with Gasteiger partial charge in [-0.3, -0.25) is 9.59 Å². The number of nitrogens with zero attached hydrogens (tertiary/aromatic N) is 3. The molecule has 6 nitrogen and oxygen atoms in total. The van der Waals surface area contributed by atoms with E-state index in [0.717, 1.165) is 16.7 Å². The third kappa shape index (κ3) is 4.58. The molecule has 1 atom stereocenters. The normalized spacial score (nSPS) is 18.1. The molecule has 3 rings (SSSR count). The van der Waals surface area contributed by atoms with E-state index in [9.17, 15) is 14.0 Å². The molecule has 0 saturated carbocycles. The van der Waals surface area contributed by atoms with E-state index in [4.69, 9.17) is 17.3 Å². The van der Waals surface area contributed by atoms with Crippen LogP contribution in [0.25, 0.3) is 0 Å². The summed E-state index contributed by atoms with van der Waals surface area (Å²) >= 11 is 6.83. The van der Waals surface area contributed by atoms with Crippen molar-refractivity contribution < 1.29 is 14.0 Å². The van der Waals surface area contributed by atoms with Gasteiger partial charge in [0.1, 0.15) is 11.1 Å². The van der Waals surface area contributed by atoms with E-state index in [-0.39, 0.29) is 29.2 Å². The van der Waals surface area contributed by atoms with Crippen LogP contribution in [0.4, 0.5) is 10.1 Å². The maximum absolute atomic E-state index is 13.0. The summed E-state index contributed by atoms with van der Waals surface area (Å²) < 4.78 is 13.0. The molecule has 2 aromatic carbocycles. The molecule has 1 saturated heterocycles. The van der Waals surface area contributed by atoms with Crippen molar-refractivity contribution in [2.45, 2.75) is 18.6 Å². The maximum atomic E-state index is 13.0. The van der Waals surface area contributed by atoms with Crippen LogP contribution >= 0.6 is 23.4 Å². The van der Waals surface area contributed by atoms with Gasteiger partial charge in [-0.15, -0.1) is 5.10 Å². The molecular weight excluding hydrogens is 403 g/mol. The SMILES string of the molecule is C/C(=N/N=C(N)S[C@@H]1CC(=O)N(c2ccc(Cl)cc2)C1=O)c1ccc(F)cc1. The van der Waals surface area contributed by atoms with Gasteiger partial charge in [0.05, 0.1) is 11.4 Å². The fourth-order valence-corrected chi connectivity index (χ4v) is 3.54. The predicted molar refractivity (Wildman–Crippen MR) is 110 cm³/mol. The van der Waals surface area contributed by atoms with Gasteiger partial charge in [-0.1, -0.05) is 35.5 Å². The minimum atomic E-state index is -0.673. The Balaban J connectivity index is 1.69. The number of benzene rings is 2. The lowest BCUT2D eigenvalue weighted by molar-refractivity contribution is -0.121. The average Bonchev–Trinajstić information content (AvgIpc) is 2.94. The van der Waals surface area contributed by atoms with E-state index >= 15 is 0 Å². The van der Waals surface area contributed by atoms with Crippen LogP contribution in [0, 0.1) is 5.82 Å². The van der Waals surface area contributed by atoms with Crippen LogP contribution < -0.4 is 10.6 Å². The minimum Gasteiger partial charge on any atom is -0.377 e. The predicted octanol–water partition coefficient (Wildman–Crippen LogP) is 3.58. The lowest BCUT2D eigenvalue weighted by Gasteiger charge is -2.14. The Kier molecular flexibility index (Phi) is 6.11. The van der Waals surface area contributed by atoms with Crippen molar-refractivity contribution in [2.24, 2.45) is 15.9 Å². The van der Waals surface area contributed by atoms with E-state index in [1.807, 2.05) is 0 Å². The summed E-state index contributed by atoms with van der Waals surface area (Å²) in [5, 5.41) is 7.82. The smallest absolute Gasteiger partial charge is 0.247 e.